The molecular formula is C22H23N3O5S. The minimum atomic E-state index is -3.76. The molecule has 0 radical (unpaired) electrons. The van der Waals surface area contributed by atoms with Crippen molar-refractivity contribution in [2.24, 2.45) is 0 Å². The molecule has 0 saturated heterocycles. The van der Waals surface area contributed by atoms with E-state index in [2.05, 4.69) is 15.4 Å². The van der Waals surface area contributed by atoms with E-state index in [-0.39, 0.29) is 16.2 Å². The lowest BCUT2D eigenvalue weighted by Gasteiger charge is -2.20. The molecule has 0 spiro atoms. The van der Waals surface area contributed by atoms with Crippen LogP contribution in [0.25, 0.3) is 0 Å². The van der Waals surface area contributed by atoms with E-state index in [0.29, 0.717) is 11.4 Å². The third-order valence-electron chi connectivity index (χ3n) is 4.01. The Hall–Kier alpha value is -3.43. The van der Waals surface area contributed by atoms with Gasteiger partial charge in [0.05, 0.1) is 22.4 Å². The summed E-state index contributed by atoms with van der Waals surface area (Å²) in [6.45, 7) is 5.22. The predicted molar refractivity (Wildman–Crippen MR) is 118 cm³/mol. The maximum absolute atomic E-state index is 12.8. The van der Waals surface area contributed by atoms with Gasteiger partial charge in [0.25, 0.3) is 11.8 Å². The number of hydrogen-bond acceptors (Lipinski definition) is 5. The van der Waals surface area contributed by atoms with Crippen LogP contribution in [0.1, 0.15) is 41.7 Å². The molecule has 0 atom stereocenters. The normalized spacial score (nSPS) is 11.7. The number of anilines is 2. The first-order valence-corrected chi connectivity index (χ1v) is 10.9. The summed E-state index contributed by atoms with van der Waals surface area (Å²) in [4.78, 5) is 25.1. The summed E-state index contributed by atoms with van der Waals surface area (Å²) in [5, 5.41) is 5.32. The minimum Gasteiger partial charge on any atom is -0.459 e. The summed E-state index contributed by atoms with van der Waals surface area (Å²) in [6, 6.07) is 15.5. The summed E-state index contributed by atoms with van der Waals surface area (Å²) in [5.74, 6) is -0.889. The van der Waals surface area contributed by atoms with Crippen LogP contribution in [0, 0.1) is 0 Å². The van der Waals surface area contributed by atoms with E-state index in [9.17, 15) is 18.0 Å². The number of rotatable bonds is 6. The van der Waals surface area contributed by atoms with E-state index in [1.165, 1.54) is 30.5 Å². The van der Waals surface area contributed by atoms with E-state index in [0.717, 1.165) is 0 Å². The van der Waals surface area contributed by atoms with Crippen LogP contribution in [0.3, 0.4) is 0 Å². The first-order valence-electron chi connectivity index (χ1n) is 9.44. The zero-order valence-corrected chi connectivity index (χ0v) is 18.1. The minimum absolute atomic E-state index is 0.0274. The molecule has 0 unspecified atom stereocenters. The highest BCUT2D eigenvalue weighted by atomic mass is 32.2. The van der Waals surface area contributed by atoms with Crippen LogP contribution in [0.15, 0.2) is 76.2 Å². The molecule has 1 aromatic heterocycles. The fraction of sp³-hybridized carbons (Fsp3) is 0.182. The van der Waals surface area contributed by atoms with Crippen molar-refractivity contribution in [3.8, 4) is 0 Å². The largest absolute Gasteiger partial charge is 0.459 e. The van der Waals surface area contributed by atoms with Gasteiger partial charge in [-0.3, -0.25) is 9.59 Å². The Bertz CT molecular complexity index is 1200. The average molecular weight is 442 g/mol. The zero-order chi connectivity index (χ0) is 22.6. The molecule has 0 aliphatic carbocycles. The maximum atomic E-state index is 12.8. The topological polar surface area (TPSA) is 118 Å². The number of para-hydroxylation sites is 1. The lowest BCUT2D eigenvalue weighted by atomic mass is 10.1. The van der Waals surface area contributed by atoms with Crippen molar-refractivity contribution in [3.63, 3.8) is 0 Å². The van der Waals surface area contributed by atoms with E-state index in [1.54, 1.807) is 57.2 Å². The summed E-state index contributed by atoms with van der Waals surface area (Å²) in [7, 11) is -3.76. The quantitative estimate of drug-likeness (QED) is 0.537. The van der Waals surface area contributed by atoms with Gasteiger partial charge in [-0.2, -0.15) is 0 Å². The molecule has 3 aromatic rings. The number of amides is 2. The van der Waals surface area contributed by atoms with E-state index >= 15 is 0 Å². The lowest BCUT2D eigenvalue weighted by Crippen LogP contribution is -2.40. The highest BCUT2D eigenvalue weighted by Crippen LogP contribution is 2.21. The first-order chi connectivity index (χ1) is 14.5. The van der Waals surface area contributed by atoms with E-state index in [1.807, 2.05) is 0 Å². The highest BCUT2D eigenvalue weighted by Gasteiger charge is 2.22. The van der Waals surface area contributed by atoms with Gasteiger partial charge in [-0.1, -0.05) is 18.2 Å². The molecule has 9 heteroatoms. The second-order valence-electron chi connectivity index (χ2n) is 7.81. The van der Waals surface area contributed by atoms with Crippen LogP contribution in [-0.4, -0.2) is 25.8 Å². The van der Waals surface area contributed by atoms with Crippen molar-refractivity contribution < 1.29 is 22.4 Å². The van der Waals surface area contributed by atoms with Gasteiger partial charge in [0.2, 0.25) is 10.0 Å². The number of nitrogens with one attached hydrogen (secondary N) is 3. The molecular weight excluding hydrogens is 418 g/mol. The van der Waals surface area contributed by atoms with Crippen molar-refractivity contribution >= 4 is 33.2 Å². The SMILES string of the molecule is CC(C)(C)NS(=O)(=O)c1cccc(NC(=O)c2ccccc2NC(=O)c2ccco2)c1. The van der Waals surface area contributed by atoms with Crippen LogP contribution in [-0.2, 0) is 10.0 Å². The molecule has 8 nitrogen and oxygen atoms in total. The van der Waals surface area contributed by atoms with Crippen LogP contribution in [0.4, 0.5) is 11.4 Å². The van der Waals surface area contributed by atoms with Gasteiger partial charge in [0.1, 0.15) is 0 Å². The maximum Gasteiger partial charge on any atom is 0.291 e. The van der Waals surface area contributed by atoms with E-state index < -0.39 is 27.4 Å². The number of furan rings is 1. The van der Waals surface area contributed by atoms with E-state index in [4.69, 9.17) is 4.42 Å². The summed E-state index contributed by atoms with van der Waals surface area (Å²) in [6.07, 6.45) is 1.38. The Balaban J connectivity index is 1.81. The van der Waals surface area contributed by atoms with Crippen molar-refractivity contribution in [3.05, 3.63) is 78.3 Å². The molecule has 162 valence electrons. The van der Waals surface area contributed by atoms with Gasteiger partial charge in [0, 0.05) is 11.2 Å². The van der Waals surface area contributed by atoms with Crippen LogP contribution in [0.5, 0.6) is 0 Å². The molecule has 2 amide bonds. The smallest absolute Gasteiger partial charge is 0.291 e. The molecule has 3 N–H and O–H groups in total. The molecule has 2 aromatic carbocycles. The molecule has 31 heavy (non-hydrogen) atoms. The summed E-state index contributed by atoms with van der Waals surface area (Å²) >= 11 is 0. The average Bonchev–Trinajstić information content (AvgIpc) is 3.22. The first kappa shape index (κ1) is 22.3. The molecule has 1 heterocycles. The molecule has 0 saturated carbocycles. The molecule has 0 aliphatic rings. The number of carbonyl (C=O) groups is 2. The number of sulfonamides is 1. The second-order valence-corrected chi connectivity index (χ2v) is 9.50. The Kier molecular flexibility index (Phi) is 6.28. The standard InChI is InChI=1S/C22H23N3O5S/c1-22(2,3)25-31(28,29)16-9-6-8-15(14-16)23-20(26)17-10-4-5-11-18(17)24-21(27)19-12-7-13-30-19/h4-14,25H,1-3H3,(H,23,26)(H,24,27). The molecule has 0 bridgehead atoms. The molecule has 0 aliphatic heterocycles. The van der Waals surface area contributed by atoms with Crippen molar-refractivity contribution in [1.82, 2.24) is 4.72 Å². The monoisotopic (exact) mass is 441 g/mol. The Morgan fingerprint density at radius 1 is 0.871 bits per heavy atom. The van der Waals surface area contributed by atoms with Gasteiger partial charge in [-0.25, -0.2) is 13.1 Å². The number of hydrogen-bond donors (Lipinski definition) is 3. The van der Waals surface area contributed by atoms with Crippen molar-refractivity contribution in [2.75, 3.05) is 10.6 Å². The van der Waals surface area contributed by atoms with Crippen LogP contribution >= 0.6 is 0 Å². The third-order valence-corrected chi connectivity index (χ3v) is 5.76. The number of benzene rings is 2. The fourth-order valence-corrected chi connectivity index (χ4v) is 4.25. The summed E-state index contributed by atoms with van der Waals surface area (Å²) < 4.78 is 32.8. The third kappa shape index (κ3) is 5.80. The van der Waals surface area contributed by atoms with Crippen LogP contribution < -0.4 is 15.4 Å². The zero-order valence-electron chi connectivity index (χ0n) is 17.3. The Labute approximate surface area is 180 Å². The Morgan fingerprint density at radius 2 is 1.61 bits per heavy atom. The van der Waals surface area contributed by atoms with Gasteiger partial charge in [0.15, 0.2) is 5.76 Å². The Morgan fingerprint density at radius 3 is 2.29 bits per heavy atom. The molecule has 3 rings (SSSR count). The van der Waals surface area contributed by atoms with Gasteiger partial charge >= 0.3 is 0 Å². The number of carbonyl (C=O) groups excluding carboxylic acids is 2. The van der Waals surface area contributed by atoms with Gasteiger partial charge in [-0.15, -0.1) is 0 Å². The van der Waals surface area contributed by atoms with Crippen LogP contribution in [0.2, 0.25) is 0 Å². The second kappa shape index (κ2) is 8.75. The predicted octanol–water partition coefficient (Wildman–Crippen LogP) is 3.86. The van der Waals surface area contributed by atoms with Crippen molar-refractivity contribution in [1.29, 1.82) is 0 Å². The van der Waals surface area contributed by atoms with Gasteiger partial charge in [-0.05, 0) is 63.2 Å². The van der Waals surface area contributed by atoms with Crippen molar-refractivity contribution in [2.45, 2.75) is 31.2 Å². The highest BCUT2D eigenvalue weighted by molar-refractivity contribution is 7.89. The fourth-order valence-electron chi connectivity index (χ4n) is 2.78. The lowest BCUT2D eigenvalue weighted by molar-refractivity contribution is 0.0996. The summed E-state index contributed by atoms with van der Waals surface area (Å²) in [5.41, 5.74) is 0.153. The molecule has 0 fully saturated rings. The van der Waals surface area contributed by atoms with Gasteiger partial charge < -0.3 is 15.1 Å².